The van der Waals surface area contributed by atoms with Gasteiger partial charge in [-0.3, -0.25) is 4.90 Å². The Hall–Kier alpha value is -1.94. The molecule has 0 aliphatic carbocycles. The van der Waals surface area contributed by atoms with Gasteiger partial charge in [0.25, 0.3) is 0 Å². The van der Waals surface area contributed by atoms with Crippen molar-refractivity contribution in [1.29, 1.82) is 0 Å². The standard InChI is InChI=1S/C17H19FN2O/c1-2-21-17-8-3-13(11-19-17)12-20-10-9-16(20)14-4-6-15(18)7-5-14/h3-8,11,16H,2,9-10,12H2,1H3/t16-/m1/s1. The van der Waals surface area contributed by atoms with Crippen molar-refractivity contribution >= 4 is 0 Å². The molecule has 21 heavy (non-hydrogen) atoms. The molecule has 1 fully saturated rings. The van der Waals surface area contributed by atoms with Crippen LogP contribution in [0.15, 0.2) is 42.6 Å². The first-order valence-corrected chi connectivity index (χ1v) is 7.33. The molecule has 0 N–H and O–H groups in total. The molecule has 1 aromatic carbocycles. The van der Waals surface area contributed by atoms with Crippen LogP contribution in [-0.4, -0.2) is 23.0 Å². The summed E-state index contributed by atoms with van der Waals surface area (Å²) >= 11 is 0. The van der Waals surface area contributed by atoms with Crippen LogP contribution in [0.5, 0.6) is 5.88 Å². The second-order valence-electron chi connectivity index (χ2n) is 5.26. The number of halogens is 1. The van der Waals surface area contributed by atoms with E-state index in [1.807, 2.05) is 31.3 Å². The molecule has 1 atom stereocenters. The maximum Gasteiger partial charge on any atom is 0.213 e. The molecule has 1 saturated heterocycles. The van der Waals surface area contributed by atoms with Crippen molar-refractivity contribution in [2.75, 3.05) is 13.2 Å². The van der Waals surface area contributed by atoms with E-state index in [-0.39, 0.29) is 5.82 Å². The van der Waals surface area contributed by atoms with Crippen molar-refractivity contribution in [2.45, 2.75) is 25.9 Å². The molecule has 2 aromatic rings. The Morgan fingerprint density at radius 1 is 1.24 bits per heavy atom. The fraction of sp³-hybridized carbons (Fsp3) is 0.353. The summed E-state index contributed by atoms with van der Waals surface area (Å²) in [5, 5.41) is 0. The van der Waals surface area contributed by atoms with E-state index in [1.54, 1.807) is 0 Å². The van der Waals surface area contributed by atoms with E-state index in [9.17, 15) is 4.39 Å². The van der Waals surface area contributed by atoms with Crippen LogP contribution >= 0.6 is 0 Å². The number of nitrogens with zero attached hydrogens (tertiary/aromatic N) is 2. The zero-order chi connectivity index (χ0) is 14.7. The van der Waals surface area contributed by atoms with E-state index in [2.05, 4.69) is 16.0 Å². The topological polar surface area (TPSA) is 25.4 Å². The predicted molar refractivity (Wildman–Crippen MR) is 79.6 cm³/mol. The lowest BCUT2D eigenvalue weighted by Gasteiger charge is -2.41. The van der Waals surface area contributed by atoms with E-state index in [4.69, 9.17) is 4.74 Å². The Bertz CT molecular complexity index is 583. The summed E-state index contributed by atoms with van der Waals surface area (Å²) < 4.78 is 18.3. The lowest BCUT2D eigenvalue weighted by Crippen LogP contribution is -2.40. The van der Waals surface area contributed by atoms with Crippen molar-refractivity contribution < 1.29 is 9.13 Å². The van der Waals surface area contributed by atoms with Crippen LogP contribution in [0.1, 0.15) is 30.5 Å². The van der Waals surface area contributed by atoms with E-state index in [0.29, 0.717) is 18.5 Å². The molecule has 0 saturated carbocycles. The average Bonchev–Trinajstić information content (AvgIpc) is 2.48. The normalized spacial score (nSPS) is 18.3. The summed E-state index contributed by atoms with van der Waals surface area (Å²) in [7, 11) is 0. The maximum atomic E-state index is 13.0. The summed E-state index contributed by atoms with van der Waals surface area (Å²) in [4.78, 5) is 6.67. The third-order valence-corrected chi connectivity index (χ3v) is 3.86. The number of hydrogen-bond donors (Lipinski definition) is 0. The zero-order valence-corrected chi connectivity index (χ0v) is 12.1. The van der Waals surface area contributed by atoms with Crippen molar-refractivity contribution in [1.82, 2.24) is 9.88 Å². The first kappa shape index (κ1) is 14.0. The minimum Gasteiger partial charge on any atom is -0.478 e. The van der Waals surface area contributed by atoms with Crippen molar-refractivity contribution in [3.8, 4) is 5.88 Å². The molecule has 1 aliphatic heterocycles. The fourth-order valence-corrected chi connectivity index (χ4v) is 2.66. The summed E-state index contributed by atoms with van der Waals surface area (Å²) in [6.45, 7) is 4.50. The molecule has 0 radical (unpaired) electrons. The van der Waals surface area contributed by atoms with Crippen LogP contribution in [0.2, 0.25) is 0 Å². The Balaban J connectivity index is 1.63. The second-order valence-corrected chi connectivity index (χ2v) is 5.26. The molecule has 3 nitrogen and oxygen atoms in total. The van der Waals surface area contributed by atoms with Gasteiger partial charge in [-0.05, 0) is 36.6 Å². The fourth-order valence-electron chi connectivity index (χ4n) is 2.66. The van der Waals surface area contributed by atoms with Gasteiger partial charge in [-0.15, -0.1) is 0 Å². The van der Waals surface area contributed by atoms with Gasteiger partial charge < -0.3 is 4.74 Å². The van der Waals surface area contributed by atoms with Gasteiger partial charge in [0.05, 0.1) is 6.61 Å². The molecular weight excluding hydrogens is 267 g/mol. The highest BCUT2D eigenvalue weighted by atomic mass is 19.1. The molecular formula is C17H19FN2O. The van der Waals surface area contributed by atoms with Gasteiger partial charge in [0.2, 0.25) is 5.88 Å². The molecule has 0 bridgehead atoms. The van der Waals surface area contributed by atoms with Gasteiger partial charge in [0.15, 0.2) is 0 Å². The van der Waals surface area contributed by atoms with E-state index in [1.165, 1.54) is 23.3 Å². The maximum absolute atomic E-state index is 13.0. The Labute approximate surface area is 124 Å². The monoisotopic (exact) mass is 286 g/mol. The van der Waals surface area contributed by atoms with Crippen LogP contribution in [-0.2, 0) is 6.54 Å². The number of ether oxygens (including phenoxy) is 1. The minimum atomic E-state index is -0.180. The number of benzene rings is 1. The van der Waals surface area contributed by atoms with Crippen molar-refractivity contribution in [2.24, 2.45) is 0 Å². The summed E-state index contributed by atoms with van der Waals surface area (Å²) in [6, 6.07) is 11.2. The number of aromatic nitrogens is 1. The first-order valence-electron chi connectivity index (χ1n) is 7.33. The highest BCUT2D eigenvalue weighted by Gasteiger charge is 2.29. The highest BCUT2D eigenvalue weighted by molar-refractivity contribution is 5.23. The van der Waals surface area contributed by atoms with Gasteiger partial charge in [0, 0.05) is 31.4 Å². The lowest BCUT2D eigenvalue weighted by molar-refractivity contribution is 0.0817. The second kappa shape index (κ2) is 6.22. The van der Waals surface area contributed by atoms with Gasteiger partial charge in [0.1, 0.15) is 5.82 Å². The minimum absolute atomic E-state index is 0.180. The molecule has 1 aromatic heterocycles. The summed E-state index contributed by atoms with van der Waals surface area (Å²) in [5.74, 6) is 0.486. The van der Waals surface area contributed by atoms with Gasteiger partial charge >= 0.3 is 0 Å². The van der Waals surface area contributed by atoms with Crippen LogP contribution in [0.25, 0.3) is 0 Å². The third kappa shape index (κ3) is 3.22. The number of rotatable bonds is 5. The SMILES string of the molecule is CCOc1ccc(CN2CC[C@@H]2c2ccc(F)cc2)cn1. The molecule has 1 aliphatic rings. The van der Waals surface area contributed by atoms with E-state index in [0.717, 1.165) is 19.5 Å². The van der Waals surface area contributed by atoms with Crippen LogP contribution < -0.4 is 4.74 Å². The Morgan fingerprint density at radius 2 is 2.05 bits per heavy atom. The largest absolute Gasteiger partial charge is 0.478 e. The van der Waals surface area contributed by atoms with Gasteiger partial charge in [-0.1, -0.05) is 18.2 Å². The number of likely N-dealkylation sites (tertiary alicyclic amines) is 1. The molecule has 0 unspecified atom stereocenters. The average molecular weight is 286 g/mol. The van der Waals surface area contributed by atoms with Crippen molar-refractivity contribution in [3.63, 3.8) is 0 Å². The quantitative estimate of drug-likeness (QED) is 0.840. The van der Waals surface area contributed by atoms with Crippen LogP contribution in [0.3, 0.4) is 0 Å². The summed E-state index contributed by atoms with van der Waals surface area (Å²) in [6.07, 6.45) is 2.99. The first-order chi connectivity index (χ1) is 10.3. The van der Waals surface area contributed by atoms with Gasteiger partial charge in [-0.25, -0.2) is 9.37 Å². The van der Waals surface area contributed by atoms with Crippen LogP contribution in [0, 0.1) is 5.82 Å². The number of pyridine rings is 1. The lowest BCUT2D eigenvalue weighted by atomic mass is 9.94. The molecule has 2 heterocycles. The van der Waals surface area contributed by atoms with Crippen LogP contribution in [0.4, 0.5) is 4.39 Å². The van der Waals surface area contributed by atoms with E-state index >= 15 is 0 Å². The molecule has 110 valence electrons. The Morgan fingerprint density at radius 3 is 2.62 bits per heavy atom. The van der Waals surface area contributed by atoms with Crippen molar-refractivity contribution in [3.05, 3.63) is 59.5 Å². The Kier molecular flexibility index (Phi) is 4.15. The predicted octanol–water partition coefficient (Wildman–Crippen LogP) is 3.57. The highest BCUT2D eigenvalue weighted by Crippen LogP contribution is 2.34. The molecule has 4 heteroatoms. The third-order valence-electron chi connectivity index (χ3n) is 3.86. The molecule has 0 spiro atoms. The summed E-state index contributed by atoms with van der Waals surface area (Å²) in [5.41, 5.74) is 2.35. The molecule has 3 rings (SSSR count). The zero-order valence-electron chi connectivity index (χ0n) is 12.1. The number of hydrogen-bond acceptors (Lipinski definition) is 3. The van der Waals surface area contributed by atoms with E-state index < -0.39 is 0 Å². The molecule has 0 amide bonds. The van der Waals surface area contributed by atoms with Gasteiger partial charge in [-0.2, -0.15) is 0 Å². The smallest absolute Gasteiger partial charge is 0.213 e.